The largest absolute Gasteiger partial charge is 0.486 e. The van der Waals surface area contributed by atoms with Gasteiger partial charge in [-0.3, -0.25) is 9.59 Å². The van der Waals surface area contributed by atoms with Crippen LogP contribution in [0.5, 0.6) is 11.5 Å². The van der Waals surface area contributed by atoms with E-state index in [1.54, 1.807) is 17.0 Å². The molecule has 3 aromatic rings. The van der Waals surface area contributed by atoms with Crippen molar-refractivity contribution in [3.8, 4) is 11.5 Å². The van der Waals surface area contributed by atoms with Gasteiger partial charge in [-0.2, -0.15) is 0 Å². The minimum atomic E-state index is -0.427. The molecule has 0 aliphatic carbocycles. The van der Waals surface area contributed by atoms with E-state index in [1.807, 2.05) is 31.2 Å². The van der Waals surface area contributed by atoms with Gasteiger partial charge in [0.2, 0.25) is 11.8 Å². The Bertz CT molecular complexity index is 1130. The molecule has 29 heavy (non-hydrogen) atoms. The van der Waals surface area contributed by atoms with Crippen LogP contribution in [0.4, 0.5) is 10.8 Å². The van der Waals surface area contributed by atoms with Crippen molar-refractivity contribution in [3.05, 3.63) is 42.0 Å². The summed E-state index contributed by atoms with van der Waals surface area (Å²) in [5.74, 6) is 0.604. The number of carbonyl (C=O) groups excluding carboxylic acids is 2. The molecule has 2 amide bonds. The summed E-state index contributed by atoms with van der Waals surface area (Å²) in [5, 5.41) is 3.45. The zero-order valence-corrected chi connectivity index (χ0v) is 16.6. The molecule has 1 N–H and O–H groups in total. The molecule has 2 aliphatic rings. The number of carbonyl (C=O) groups is 2. The monoisotopic (exact) mass is 409 g/mol. The molecule has 0 spiro atoms. The van der Waals surface area contributed by atoms with Crippen molar-refractivity contribution in [2.24, 2.45) is 5.92 Å². The van der Waals surface area contributed by atoms with Gasteiger partial charge >= 0.3 is 0 Å². The summed E-state index contributed by atoms with van der Waals surface area (Å²) >= 11 is 1.44. The number of thiazole rings is 1. The van der Waals surface area contributed by atoms with Gasteiger partial charge in [0.25, 0.3) is 0 Å². The van der Waals surface area contributed by atoms with Gasteiger partial charge in [0.1, 0.15) is 13.2 Å². The van der Waals surface area contributed by atoms with Crippen LogP contribution >= 0.6 is 11.3 Å². The van der Waals surface area contributed by atoms with Crippen molar-refractivity contribution in [2.45, 2.75) is 13.3 Å². The summed E-state index contributed by atoms with van der Waals surface area (Å²) in [5.41, 5.74) is 2.68. The van der Waals surface area contributed by atoms with Gasteiger partial charge in [-0.05, 0) is 30.7 Å². The molecule has 1 fully saturated rings. The number of anilines is 2. The third kappa shape index (κ3) is 3.29. The molecular formula is C21H19N3O4S. The number of nitrogens with one attached hydrogen (secondary N) is 1. The number of rotatable bonds is 3. The molecule has 0 radical (unpaired) electrons. The average molecular weight is 409 g/mol. The van der Waals surface area contributed by atoms with Crippen LogP contribution in [0, 0.1) is 12.8 Å². The van der Waals surface area contributed by atoms with Gasteiger partial charge < -0.3 is 19.7 Å². The molecule has 148 valence electrons. The van der Waals surface area contributed by atoms with Crippen LogP contribution in [0.3, 0.4) is 0 Å². The minimum absolute atomic E-state index is 0.0815. The first kappa shape index (κ1) is 17.9. The predicted molar refractivity (Wildman–Crippen MR) is 111 cm³/mol. The van der Waals surface area contributed by atoms with Crippen molar-refractivity contribution >= 4 is 44.2 Å². The molecule has 0 bridgehead atoms. The molecule has 5 rings (SSSR count). The average Bonchev–Trinajstić information content (AvgIpc) is 3.31. The molecule has 3 heterocycles. The Morgan fingerprint density at radius 2 is 2.03 bits per heavy atom. The lowest BCUT2D eigenvalue weighted by Gasteiger charge is -2.22. The van der Waals surface area contributed by atoms with E-state index in [4.69, 9.17) is 9.47 Å². The van der Waals surface area contributed by atoms with E-state index in [-0.39, 0.29) is 18.2 Å². The Balaban J connectivity index is 1.31. The van der Waals surface area contributed by atoms with Crippen LogP contribution < -0.4 is 19.7 Å². The van der Waals surface area contributed by atoms with Crippen molar-refractivity contribution in [1.82, 2.24) is 4.98 Å². The summed E-state index contributed by atoms with van der Waals surface area (Å²) in [6.07, 6.45) is 0.171. The number of para-hydroxylation sites is 1. The minimum Gasteiger partial charge on any atom is -0.486 e. The lowest BCUT2D eigenvalue weighted by Crippen LogP contribution is -2.28. The number of aromatic nitrogens is 1. The molecule has 0 unspecified atom stereocenters. The van der Waals surface area contributed by atoms with Crippen molar-refractivity contribution in [1.29, 1.82) is 0 Å². The number of nitrogens with zero attached hydrogens (tertiary/aromatic N) is 2. The summed E-state index contributed by atoms with van der Waals surface area (Å²) in [6, 6.07) is 11.4. The highest BCUT2D eigenvalue weighted by atomic mass is 32.1. The topological polar surface area (TPSA) is 80.8 Å². The first-order valence-corrected chi connectivity index (χ1v) is 10.3. The standard InChI is InChI=1S/C21H19N3O4S/c1-12-3-2-4-17-19(12)22-21(29-17)23-20(26)13-9-18(25)24(11-13)14-5-6-15-16(10-14)28-8-7-27-15/h2-6,10,13H,7-9,11H2,1H3,(H,22,23,26)/t13-/m0/s1. The highest BCUT2D eigenvalue weighted by Crippen LogP contribution is 2.36. The maximum atomic E-state index is 12.8. The Kier molecular flexibility index (Phi) is 4.35. The highest BCUT2D eigenvalue weighted by molar-refractivity contribution is 7.22. The SMILES string of the molecule is Cc1cccc2sc(NC(=O)[C@H]3CC(=O)N(c4ccc5c(c4)OCCO5)C3)nc12. The molecule has 8 heteroatoms. The number of hydrogen-bond donors (Lipinski definition) is 1. The zero-order chi connectivity index (χ0) is 20.0. The van der Waals surface area contributed by atoms with Crippen LogP contribution in [0.1, 0.15) is 12.0 Å². The summed E-state index contributed by atoms with van der Waals surface area (Å²) < 4.78 is 12.2. The predicted octanol–water partition coefficient (Wildman–Crippen LogP) is 3.37. The summed E-state index contributed by atoms with van der Waals surface area (Å²) in [6.45, 7) is 3.32. The second-order valence-electron chi connectivity index (χ2n) is 7.16. The molecular weight excluding hydrogens is 390 g/mol. The number of hydrogen-bond acceptors (Lipinski definition) is 6. The van der Waals surface area contributed by atoms with Crippen molar-refractivity contribution in [2.75, 3.05) is 30.0 Å². The Morgan fingerprint density at radius 1 is 1.21 bits per heavy atom. The Hall–Kier alpha value is -3.13. The van der Waals surface area contributed by atoms with Crippen LogP contribution in [-0.2, 0) is 9.59 Å². The van der Waals surface area contributed by atoms with Gasteiger partial charge in [-0.15, -0.1) is 0 Å². The Morgan fingerprint density at radius 3 is 2.86 bits per heavy atom. The van der Waals surface area contributed by atoms with Gasteiger partial charge in [-0.1, -0.05) is 23.5 Å². The fourth-order valence-electron chi connectivity index (χ4n) is 3.68. The molecule has 1 atom stereocenters. The normalized spacial score (nSPS) is 18.3. The first-order chi connectivity index (χ1) is 14.1. The second-order valence-corrected chi connectivity index (χ2v) is 8.19. The Labute approximate surface area is 171 Å². The number of benzene rings is 2. The quantitative estimate of drug-likeness (QED) is 0.717. The molecule has 0 saturated carbocycles. The zero-order valence-electron chi connectivity index (χ0n) is 15.8. The van der Waals surface area contributed by atoms with Crippen molar-refractivity contribution in [3.63, 3.8) is 0 Å². The van der Waals surface area contributed by atoms with E-state index >= 15 is 0 Å². The maximum Gasteiger partial charge on any atom is 0.231 e. The molecule has 2 aliphatic heterocycles. The van der Waals surface area contributed by atoms with Crippen LogP contribution in [-0.4, -0.2) is 36.6 Å². The number of aryl methyl sites for hydroxylation is 1. The highest BCUT2D eigenvalue weighted by Gasteiger charge is 2.36. The van der Waals surface area contributed by atoms with E-state index in [9.17, 15) is 9.59 Å². The second kappa shape index (κ2) is 7.04. The molecule has 2 aromatic carbocycles. The number of fused-ring (bicyclic) bond motifs is 2. The van der Waals surface area contributed by atoms with Crippen LogP contribution in [0.25, 0.3) is 10.2 Å². The molecule has 7 nitrogen and oxygen atoms in total. The van der Waals surface area contributed by atoms with Crippen molar-refractivity contribution < 1.29 is 19.1 Å². The first-order valence-electron chi connectivity index (χ1n) is 9.45. The maximum absolute atomic E-state index is 12.8. The van der Waals surface area contributed by atoms with Crippen LogP contribution in [0.2, 0.25) is 0 Å². The third-order valence-electron chi connectivity index (χ3n) is 5.18. The van der Waals surface area contributed by atoms with E-state index in [2.05, 4.69) is 10.3 Å². The smallest absolute Gasteiger partial charge is 0.231 e. The summed E-state index contributed by atoms with van der Waals surface area (Å²) in [7, 11) is 0. The number of amides is 2. The fourth-order valence-corrected chi connectivity index (χ4v) is 4.63. The van der Waals surface area contributed by atoms with Gasteiger partial charge in [0.15, 0.2) is 16.6 Å². The lowest BCUT2D eigenvalue weighted by molar-refractivity contribution is -0.122. The van der Waals surface area contributed by atoms with Gasteiger partial charge in [-0.25, -0.2) is 4.98 Å². The lowest BCUT2D eigenvalue weighted by atomic mass is 10.1. The van der Waals surface area contributed by atoms with E-state index in [0.717, 1.165) is 15.8 Å². The molecule has 1 saturated heterocycles. The van der Waals surface area contributed by atoms with Gasteiger partial charge in [0, 0.05) is 24.7 Å². The van der Waals surface area contributed by atoms with E-state index in [0.29, 0.717) is 42.1 Å². The molecule has 1 aromatic heterocycles. The van der Waals surface area contributed by atoms with Gasteiger partial charge in [0.05, 0.1) is 16.1 Å². The van der Waals surface area contributed by atoms with E-state index < -0.39 is 5.92 Å². The van der Waals surface area contributed by atoms with Crippen LogP contribution in [0.15, 0.2) is 36.4 Å². The number of ether oxygens (including phenoxy) is 2. The third-order valence-corrected chi connectivity index (χ3v) is 6.12. The summed E-state index contributed by atoms with van der Waals surface area (Å²) in [4.78, 5) is 31.5. The fraction of sp³-hybridized carbons (Fsp3) is 0.286. The van der Waals surface area contributed by atoms with E-state index in [1.165, 1.54) is 11.3 Å².